The zero-order valence-corrected chi connectivity index (χ0v) is 24.1. The first-order valence-electron chi connectivity index (χ1n) is 13.6. The lowest BCUT2D eigenvalue weighted by molar-refractivity contribution is 0.483. The first-order chi connectivity index (χ1) is 18.0. The average Bonchev–Trinajstić information content (AvgIpc) is 3.21. The predicted octanol–water partition coefficient (Wildman–Crippen LogP) is 8.07. The lowest BCUT2D eigenvalue weighted by atomic mass is 9.32. The minimum Gasteiger partial charge on any atom is -0.458 e. The zero-order valence-electron chi connectivity index (χ0n) is 23.3. The van der Waals surface area contributed by atoms with Gasteiger partial charge < -0.3 is 4.74 Å². The van der Waals surface area contributed by atoms with Gasteiger partial charge in [0.05, 0.1) is 0 Å². The molecule has 5 aromatic rings. The van der Waals surface area contributed by atoms with Crippen LogP contribution < -0.4 is 21.1 Å². The molecule has 0 atom stereocenters. The Bertz CT molecular complexity index is 1760. The minimum atomic E-state index is 0.0290. The maximum Gasteiger partial charge on any atom is 0.252 e. The van der Waals surface area contributed by atoms with Crippen LogP contribution in [0.5, 0.6) is 11.5 Å². The van der Waals surface area contributed by atoms with E-state index in [0.29, 0.717) is 0 Å². The van der Waals surface area contributed by atoms with Gasteiger partial charge in [0, 0.05) is 15.1 Å². The summed E-state index contributed by atoms with van der Waals surface area (Å²) in [6, 6.07) is 27.2. The van der Waals surface area contributed by atoms with Crippen LogP contribution in [0, 0.1) is 6.92 Å². The molecule has 0 fully saturated rings. The van der Waals surface area contributed by atoms with E-state index in [-0.39, 0.29) is 17.5 Å². The van der Waals surface area contributed by atoms with Gasteiger partial charge in [-0.1, -0.05) is 102 Å². The molecule has 0 bridgehead atoms. The van der Waals surface area contributed by atoms with E-state index in [1.165, 1.54) is 64.7 Å². The van der Waals surface area contributed by atoms with Crippen molar-refractivity contribution in [3.05, 3.63) is 88.8 Å². The number of thiophene rings is 1. The molecule has 0 aliphatic carbocycles. The molecule has 0 unspecified atom stereocenters. The van der Waals surface area contributed by atoms with E-state index in [0.717, 1.165) is 11.5 Å². The highest BCUT2D eigenvalue weighted by Crippen LogP contribution is 2.45. The number of ether oxygens (including phenoxy) is 1. The summed E-state index contributed by atoms with van der Waals surface area (Å²) >= 11 is 1.94. The van der Waals surface area contributed by atoms with Crippen LogP contribution in [0.25, 0.3) is 32.3 Å². The van der Waals surface area contributed by atoms with Gasteiger partial charge in [-0.2, -0.15) is 0 Å². The zero-order chi connectivity index (χ0) is 26.6. The molecule has 0 spiro atoms. The monoisotopic (exact) mass is 512 g/mol. The summed E-state index contributed by atoms with van der Waals surface area (Å²) in [5.41, 5.74) is 12.1. The molecule has 0 saturated heterocycles. The fourth-order valence-corrected chi connectivity index (χ4v) is 7.44. The third kappa shape index (κ3) is 3.44. The van der Waals surface area contributed by atoms with Crippen LogP contribution in [0.2, 0.25) is 0 Å². The van der Waals surface area contributed by atoms with Crippen molar-refractivity contribution in [2.45, 2.75) is 59.3 Å². The SMILES string of the molecule is Cc1sc2cc(C(C)(C)C)cc3c2c1-c1cc(C(C)(C)C)cc2c1B3c1cc(-c3ccccc3)ccc1O2. The lowest BCUT2D eigenvalue weighted by Crippen LogP contribution is -2.57. The standard InChI is InChI=1S/C35H33BOS/c1-20-31-25-16-23(34(2,3)4)18-29-33(25)36(27-17-24(35(5,6)7)19-30(38-20)32(27)31)26-15-22(13-14-28(26)37-29)21-11-9-8-10-12-21/h8-19H,1-7H3. The number of benzene rings is 4. The Morgan fingerprint density at radius 1 is 0.684 bits per heavy atom. The van der Waals surface area contributed by atoms with Crippen LogP contribution in [0.4, 0.5) is 0 Å². The lowest BCUT2D eigenvalue weighted by Gasteiger charge is -2.35. The van der Waals surface area contributed by atoms with E-state index >= 15 is 0 Å². The van der Waals surface area contributed by atoms with Crippen molar-refractivity contribution in [1.29, 1.82) is 0 Å². The van der Waals surface area contributed by atoms with Gasteiger partial charge in [-0.15, -0.1) is 11.3 Å². The molecule has 0 radical (unpaired) electrons. The van der Waals surface area contributed by atoms with Crippen molar-refractivity contribution in [3.63, 3.8) is 0 Å². The smallest absolute Gasteiger partial charge is 0.252 e. The van der Waals surface area contributed by atoms with E-state index in [4.69, 9.17) is 4.74 Å². The Morgan fingerprint density at radius 3 is 2.11 bits per heavy atom. The molecule has 3 heteroatoms. The molecule has 0 N–H and O–H groups in total. The summed E-state index contributed by atoms with van der Waals surface area (Å²) in [4.78, 5) is 1.39. The van der Waals surface area contributed by atoms with Gasteiger partial charge in [-0.3, -0.25) is 0 Å². The second kappa shape index (κ2) is 7.86. The van der Waals surface area contributed by atoms with Gasteiger partial charge in [0.1, 0.15) is 11.5 Å². The third-order valence-corrected chi connectivity index (χ3v) is 9.44. The molecule has 4 aromatic carbocycles. The van der Waals surface area contributed by atoms with E-state index in [9.17, 15) is 0 Å². The molecule has 7 rings (SSSR count). The van der Waals surface area contributed by atoms with E-state index in [1.54, 1.807) is 0 Å². The molecule has 3 heterocycles. The molecule has 1 aromatic heterocycles. The largest absolute Gasteiger partial charge is 0.458 e. The summed E-state index contributed by atoms with van der Waals surface area (Å²) in [7, 11) is 0. The summed E-state index contributed by atoms with van der Waals surface area (Å²) in [5, 5.41) is 1.44. The highest BCUT2D eigenvalue weighted by molar-refractivity contribution is 7.20. The number of hydrogen-bond donors (Lipinski definition) is 0. The van der Waals surface area contributed by atoms with Crippen molar-refractivity contribution < 1.29 is 4.74 Å². The van der Waals surface area contributed by atoms with Crippen molar-refractivity contribution in [3.8, 4) is 33.8 Å². The minimum absolute atomic E-state index is 0.0290. The molecular formula is C35H33BOS. The Kier molecular flexibility index (Phi) is 4.92. The number of rotatable bonds is 1. The van der Waals surface area contributed by atoms with Crippen molar-refractivity contribution in [1.82, 2.24) is 0 Å². The van der Waals surface area contributed by atoms with Crippen LogP contribution in [-0.4, -0.2) is 6.71 Å². The van der Waals surface area contributed by atoms with Crippen LogP contribution >= 0.6 is 11.3 Å². The van der Waals surface area contributed by atoms with Gasteiger partial charge in [-0.05, 0) is 80.1 Å². The number of aryl methyl sites for hydroxylation is 1. The average molecular weight is 513 g/mol. The Labute approximate surface area is 230 Å². The van der Waals surface area contributed by atoms with Crippen molar-refractivity contribution in [2.75, 3.05) is 0 Å². The molecule has 188 valence electrons. The second-order valence-electron chi connectivity index (χ2n) is 13.1. The van der Waals surface area contributed by atoms with Crippen LogP contribution in [0.3, 0.4) is 0 Å². The molecule has 38 heavy (non-hydrogen) atoms. The third-order valence-electron chi connectivity index (χ3n) is 8.39. The van der Waals surface area contributed by atoms with E-state index in [1.807, 2.05) is 11.3 Å². The summed E-state index contributed by atoms with van der Waals surface area (Å²) < 4.78 is 8.18. The van der Waals surface area contributed by atoms with Crippen molar-refractivity contribution in [2.24, 2.45) is 0 Å². The molecule has 0 amide bonds. The molecular weight excluding hydrogens is 479 g/mol. The van der Waals surface area contributed by atoms with E-state index < -0.39 is 0 Å². The van der Waals surface area contributed by atoms with Crippen LogP contribution in [0.15, 0.2) is 72.8 Å². The first-order valence-corrected chi connectivity index (χ1v) is 14.5. The maximum atomic E-state index is 6.78. The molecule has 2 aliphatic heterocycles. The number of fused-ring (bicyclic) bond motifs is 4. The fraction of sp³-hybridized carbons (Fsp3) is 0.257. The predicted molar refractivity (Wildman–Crippen MR) is 166 cm³/mol. The Morgan fingerprint density at radius 2 is 1.39 bits per heavy atom. The Balaban J connectivity index is 1.60. The van der Waals surface area contributed by atoms with Gasteiger partial charge in [0.15, 0.2) is 0 Å². The summed E-state index contributed by atoms with van der Waals surface area (Å²) in [5.74, 6) is 1.99. The van der Waals surface area contributed by atoms with Gasteiger partial charge in [0.2, 0.25) is 0 Å². The van der Waals surface area contributed by atoms with Crippen molar-refractivity contribution >= 4 is 44.5 Å². The quantitative estimate of drug-likeness (QED) is 0.202. The second-order valence-corrected chi connectivity index (χ2v) is 14.3. The molecule has 0 saturated carbocycles. The first kappa shape index (κ1) is 23.8. The molecule has 1 nitrogen and oxygen atoms in total. The highest BCUT2D eigenvalue weighted by Gasteiger charge is 2.42. The van der Waals surface area contributed by atoms with Gasteiger partial charge in [0.25, 0.3) is 6.71 Å². The van der Waals surface area contributed by atoms with Gasteiger partial charge in [-0.25, -0.2) is 0 Å². The summed E-state index contributed by atoms with van der Waals surface area (Å²) in [6.07, 6.45) is 0. The maximum absolute atomic E-state index is 6.78. The highest BCUT2D eigenvalue weighted by atomic mass is 32.1. The molecule has 2 aliphatic rings. The van der Waals surface area contributed by atoms with Crippen LogP contribution in [0.1, 0.15) is 57.5 Å². The fourth-order valence-electron chi connectivity index (χ4n) is 6.28. The summed E-state index contributed by atoms with van der Waals surface area (Å²) in [6.45, 7) is 16.3. The normalized spacial score (nSPS) is 13.8. The topological polar surface area (TPSA) is 9.23 Å². The van der Waals surface area contributed by atoms with Gasteiger partial charge >= 0.3 is 0 Å². The Hall–Kier alpha value is -3.30. The van der Waals surface area contributed by atoms with E-state index in [2.05, 4.69) is 121 Å². The van der Waals surface area contributed by atoms with Crippen LogP contribution in [-0.2, 0) is 10.8 Å². The number of hydrogen-bond acceptors (Lipinski definition) is 2.